The zero-order valence-electron chi connectivity index (χ0n) is 19.2. The first kappa shape index (κ1) is 24.3. The maximum absolute atomic E-state index is 13.4. The number of aromatic nitrogens is 1. The second kappa shape index (κ2) is 10.6. The topological polar surface area (TPSA) is 34.0 Å². The van der Waals surface area contributed by atoms with Crippen molar-refractivity contribution in [3.05, 3.63) is 105 Å². The lowest BCUT2D eigenvalue weighted by Crippen LogP contribution is -2.28. The molecule has 0 bridgehead atoms. The largest absolute Gasteiger partial charge is 0.356 e. The number of amides is 1. The molecule has 0 aliphatic heterocycles. The Hall–Kier alpha value is -2.82. The average molecular weight is 497 g/mol. The molecule has 1 N–H and O–H groups in total. The van der Waals surface area contributed by atoms with E-state index < -0.39 is 0 Å². The summed E-state index contributed by atoms with van der Waals surface area (Å²) in [6.45, 7) is 5.35. The fourth-order valence-corrected chi connectivity index (χ4v) is 4.49. The first-order chi connectivity index (χ1) is 16.3. The molecule has 4 aromatic rings. The van der Waals surface area contributed by atoms with Gasteiger partial charge in [-0.25, -0.2) is 4.39 Å². The molecule has 3 nitrogen and oxygen atoms in total. The maximum Gasteiger partial charge on any atom is 0.220 e. The number of fused-ring (bicyclic) bond motifs is 1. The van der Waals surface area contributed by atoms with Crippen molar-refractivity contribution in [2.24, 2.45) is 5.92 Å². The molecule has 0 saturated heterocycles. The molecule has 4 rings (SSSR count). The molecule has 3 aromatic carbocycles. The van der Waals surface area contributed by atoms with Crippen LogP contribution in [0.2, 0.25) is 10.0 Å². The highest BCUT2D eigenvalue weighted by Gasteiger charge is 2.23. The fraction of sp³-hybridized carbons (Fsp3) is 0.250. The summed E-state index contributed by atoms with van der Waals surface area (Å²) in [6.07, 6.45) is 2.38. The number of carbonyl (C=O) groups excluding carboxylic acids is 1. The zero-order chi connectivity index (χ0) is 24.2. The fourth-order valence-electron chi connectivity index (χ4n) is 4.18. The van der Waals surface area contributed by atoms with Gasteiger partial charge in [-0.3, -0.25) is 4.79 Å². The van der Waals surface area contributed by atoms with Gasteiger partial charge < -0.3 is 9.88 Å². The van der Waals surface area contributed by atoms with Crippen molar-refractivity contribution in [3.8, 4) is 0 Å². The van der Waals surface area contributed by atoms with Gasteiger partial charge in [0.25, 0.3) is 0 Å². The van der Waals surface area contributed by atoms with Crippen LogP contribution in [0.5, 0.6) is 0 Å². The summed E-state index contributed by atoms with van der Waals surface area (Å²) in [6, 6.07) is 20.2. The predicted octanol–water partition coefficient (Wildman–Crippen LogP) is 7.43. The van der Waals surface area contributed by atoms with Crippen molar-refractivity contribution in [1.82, 2.24) is 9.88 Å². The standard InChI is InChI=1S/C28H27Cl2FN2O/c1-18(2)15-32-28(34)14-23(20-9-12-25(29)26(30)13-20)24-17-33(27-6-4-3-5-22(24)27)16-19-7-10-21(31)11-8-19/h3-13,17-18,23H,14-16H2,1-2H3,(H,32,34)/t23-/m1/s1. The van der Waals surface area contributed by atoms with Crippen LogP contribution < -0.4 is 5.32 Å². The number of carbonyl (C=O) groups is 1. The summed E-state index contributed by atoms with van der Waals surface area (Å²) in [5.41, 5.74) is 4.01. The van der Waals surface area contributed by atoms with Crippen molar-refractivity contribution in [2.75, 3.05) is 6.54 Å². The summed E-state index contributed by atoms with van der Waals surface area (Å²) in [5.74, 6) is -0.111. The Balaban J connectivity index is 1.77. The van der Waals surface area contributed by atoms with Crippen molar-refractivity contribution in [2.45, 2.75) is 32.7 Å². The van der Waals surface area contributed by atoms with E-state index in [0.717, 1.165) is 27.6 Å². The van der Waals surface area contributed by atoms with E-state index in [1.807, 2.05) is 24.3 Å². The molecule has 0 radical (unpaired) electrons. The van der Waals surface area contributed by atoms with Gasteiger partial charge in [-0.05, 0) is 52.9 Å². The number of halogens is 3. The van der Waals surface area contributed by atoms with Gasteiger partial charge in [0.1, 0.15) is 5.82 Å². The molecule has 176 valence electrons. The van der Waals surface area contributed by atoms with Crippen LogP contribution in [-0.4, -0.2) is 17.0 Å². The van der Waals surface area contributed by atoms with Crippen molar-refractivity contribution < 1.29 is 9.18 Å². The molecule has 1 amide bonds. The van der Waals surface area contributed by atoms with E-state index in [-0.39, 0.29) is 24.1 Å². The van der Waals surface area contributed by atoms with E-state index in [9.17, 15) is 9.18 Å². The summed E-state index contributed by atoms with van der Waals surface area (Å²) in [5, 5.41) is 5.04. The average Bonchev–Trinajstić information content (AvgIpc) is 3.17. The molecule has 0 saturated carbocycles. The summed E-state index contributed by atoms with van der Waals surface area (Å²) in [4.78, 5) is 12.9. The smallest absolute Gasteiger partial charge is 0.220 e. The second-order valence-electron chi connectivity index (χ2n) is 8.98. The molecule has 0 fully saturated rings. The number of rotatable bonds is 8. The number of hydrogen-bond donors (Lipinski definition) is 1. The quantitative estimate of drug-likeness (QED) is 0.270. The molecule has 0 aliphatic rings. The lowest BCUT2D eigenvalue weighted by atomic mass is 9.88. The van der Waals surface area contributed by atoms with E-state index >= 15 is 0 Å². The lowest BCUT2D eigenvalue weighted by Gasteiger charge is -2.18. The van der Waals surface area contributed by atoms with Crippen molar-refractivity contribution in [3.63, 3.8) is 0 Å². The summed E-state index contributed by atoms with van der Waals surface area (Å²) in [7, 11) is 0. The molecular formula is C28H27Cl2FN2O. The number of hydrogen-bond acceptors (Lipinski definition) is 1. The van der Waals surface area contributed by atoms with Crippen LogP contribution in [0, 0.1) is 11.7 Å². The highest BCUT2D eigenvalue weighted by atomic mass is 35.5. The monoisotopic (exact) mass is 496 g/mol. The highest BCUT2D eigenvalue weighted by molar-refractivity contribution is 6.42. The molecule has 0 spiro atoms. The molecule has 0 aliphatic carbocycles. The van der Waals surface area contributed by atoms with Crippen LogP contribution in [0.3, 0.4) is 0 Å². The van der Waals surface area contributed by atoms with Crippen LogP contribution in [0.25, 0.3) is 10.9 Å². The van der Waals surface area contributed by atoms with Crippen molar-refractivity contribution >= 4 is 40.0 Å². The third-order valence-electron chi connectivity index (χ3n) is 5.90. The molecule has 1 atom stereocenters. The Morgan fingerprint density at radius 2 is 1.74 bits per heavy atom. The molecule has 0 unspecified atom stereocenters. The van der Waals surface area contributed by atoms with Gasteiger partial charge in [-0.2, -0.15) is 0 Å². The third-order valence-corrected chi connectivity index (χ3v) is 6.64. The van der Waals surface area contributed by atoms with Crippen LogP contribution in [0.15, 0.2) is 72.9 Å². The minimum absolute atomic E-state index is 0.0138. The SMILES string of the molecule is CC(C)CNC(=O)C[C@H](c1ccc(Cl)c(Cl)c1)c1cn(Cc2ccc(F)cc2)c2ccccc12. The first-order valence-corrected chi connectivity index (χ1v) is 12.1. The molecule has 1 heterocycles. The Kier molecular flexibility index (Phi) is 7.60. The Labute approximate surface area is 209 Å². The van der Waals surface area contributed by atoms with Crippen LogP contribution in [0.1, 0.15) is 42.9 Å². The van der Waals surface area contributed by atoms with Crippen LogP contribution >= 0.6 is 23.2 Å². The predicted molar refractivity (Wildman–Crippen MR) is 138 cm³/mol. The minimum atomic E-state index is -0.256. The van der Waals surface area contributed by atoms with Gasteiger partial charge in [0.2, 0.25) is 5.91 Å². The van der Waals surface area contributed by atoms with Gasteiger partial charge in [0.15, 0.2) is 0 Å². The zero-order valence-corrected chi connectivity index (χ0v) is 20.7. The Morgan fingerprint density at radius 3 is 2.44 bits per heavy atom. The van der Waals surface area contributed by atoms with Gasteiger partial charge in [0, 0.05) is 42.5 Å². The summed E-state index contributed by atoms with van der Waals surface area (Å²) >= 11 is 12.5. The van der Waals surface area contributed by atoms with E-state index in [4.69, 9.17) is 23.2 Å². The number of nitrogens with zero attached hydrogens (tertiary/aromatic N) is 1. The normalized spacial score (nSPS) is 12.3. The van der Waals surface area contributed by atoms with Gasteiger partial charge in [-0.15, -0.1) is 0 Å². The number of para-hydroxylation sites is 1. The van der Waals surface area contributed by atoms with Gasteiger partial charge >= 0.3 is 0 Å². The van der Waals surface area contributed by atoms with Gasteiger partial charge in [-0.1, -0.05) is 73.4 Å². The second-order valence-corrected chi connectivity index (χ2v) is 9.80. The molecule has 1 aromatic heterocycles. The maximum atomic E-state index is 13.4. The van der Waals surface area contributed by atoms with Gasteiger partial charge in [0.05, 0.1) is 10.0 Å². The van der Waals surface area contributed by atoms with E-state index in [1.165, 1.54) is 12.1 Å². The third kappa shape index (κ3) is 5.63. The lowest BCUT2D eigenvalue weighted by molar-refractivity contribution is -0.121. The molecule has 6 heteroatoms. The first-order valence-electron chi connectivity index (χ1n) is 11.4. The highest BCUT2D eigenvalue weighted by Crippen LogP contribution is 2.37. The van der Waals surface area contributed by atoms with E-state index in [2.05, 4.69) is 42.1 Å². The minimum Gasteiger partial charge on any atom is -0.356 e. The van der Waals surface area contributed by atoms with Crippen LogP contribution in [-0.2, 0) is 11.3 Å². The molecule has 34 heavy (non-hydrogen) atoms. The van der Waals surface area contributed by atoms with E-state index in [0.29, 0.717) is 29.1 Å². The Morgan fingerprint density at radius 1 is 1.00 bits per heavy atom. The summed E-state index contributed by atoms with van der Waals surface area (Å²) < 4.78 is 15.6. The van der Waals surface area contributed by atoms with E-state index in [1.54, 1.807) is 18.2 Å². The van der Waals surface area contributed by atoms with Crippen molar-refractivity contribution in [1.29, 1.82) is 0 Å². The van der Waals surface area contributed by atoms with Crippen LogP contribution in [0.4, 0.5) is 4.39 Å². The number of nitrogens with one attached hydrogen (secondary N) is 1. The number of benzene rings is 3. The molecular weight excluding hydrogens is 470 g/mol. The Bertz CT molecular complexity index is 1300.